The van der Waals surface area contributed by atoms with Gasteiger partial charge in [0.25, 0.3) is 5.22 Å². The van der Waals surface area contributed by atoms with Gasteiger partial charge in [-0.1, -0.05) is 23.1 Å². The van der Waals surface area contributed by atoms with Crippen LogP contribution < -0.4 is 5.32 Å². The van der Waals surface area contributed by atoms with Crippen LogP contribution in [0.15, 0.2) is 34.2 Å². The molecule has 0 aliphatic rings. The minimum absolute atomic E-state index is 0.140. The summed E-state index contributed by atoms with van der Waals surface area (Å²) in [5.74, 6) is -0.443. The number of aromatic nitrogens is 5. The first-order valence-electron chi connectivity index (χ1n) is 6.49. The molecular weight excluding hydrogens is 381 g/mol. The van der Waals surface area contributed by atoms with Crippen molar-refractivity contribution in [3.63, 3.8) is 0 Å². The highest BCUT2D eigenvalue weighted by atomic mass is 32.2. The number of carbonyl (C=O) groups excluding carboxylic acids is 1. The average Bonchev–Trinajstić information content (AvgIpc) is 3.23. The van der Waals surface area contributed by atoms with Crippen LogP contribution in [0.4, 0.5) is 18.3 Å². The smallest absolute Gasteiger partial charge is 0.411 e. The van der Waals surface area contributed by atoms with Crippen LogP contribution >= 0.6 is 23.1 Å². The van der Waals surface area contributed by atoms with Gasteiger partial charge < -0.3 is 4.42 Å². The number of anilines is 1. The van der Waals surface area contributed by atoms with Crippen LogP contribution in [0, 0.1) is 0 Å². The van der Waals surface area contributed by atoms with Gasteiger partial charge in [-0.3, -0.25) is 15.1 Å². The Balaban J connectivity index is 1.54. The molecule has 0 aliphatic heterocycles. The molecule has 1 amide bonds. The molecule has 1 N–H and O–H groups in total. The summed E-state index contributed by atoms with van der Waals surface area (Å²) in [4.78, 5) is 15.6. The van der Waals surface area contributed by atoms with Gasteiger partial charge in [0.05, 0.1) is 5.75 Å². The zero-order valence-corrected chi connectivity index (χ0v) is 13.7. The van der Waals surface area contributed by atoms with Crippen molar-refractivity contribution in [2.45, 2.75) is 11.4 Å². The molecule has 0 unspecified atom stereocenters. The van der Waals surface area contributed by atoms with Gasteiger partial charge in [-0.25, -0.2) is 0 Å². The van der Waals surface area contributed by atoms with Crippen LogP contribution in [0.1, 0.15) is 5.01 Å². The standard InChI is InChI=1S/C12H7F3N6O2S2/c13-12(14,15)9-19-20-10(25-9)17-7(22)5-24-11-21-18-8(23-11)6-1-3-16-4-2-6/h1-4H,5H2,(H,17,20,22). The lowest BCUT2D eigenvalue weighted by atomic mass is 10.3. The molecule has 0 fully saturated rings. The lowest BCUT2D eigenvalue weighted by Crippen LogP contribution is -2.13. The van der Waals surface area contributed by atoms with E-state index in [2.05, 4.69) is 30.7 Å². The van der Waals surface area contributed by atoms with E-state index in [1.807, 2.05) is 0 Å². The van der Waals surface area contributed by atoms with Crippen molar-refractivity contribution in [1.29, 1.82) is 0 Å². The van der Waals surface area contributed by atoms with E-state index in [-0.39, 0.29) is 33.3 Å². The molecule has 8 nitrogen and oxygen atoms in total. The van der Waals surface area contributed by atoms with Crippen molar-refractivity contribution in [3.05, 3.63) is 29.5 Å². The molecule has 0 aromatic carbocycles. The Morgan fingerprint density at radius 1 is 1.20 bits per heavy atom. The molecule has 3 aromatic rings. The number of rotatable bonds is 5. The maximum atomic E-state index is 12.4. The van der Waals surface area contributed by atoms with Crippen molar-refractivity contribution in [2.24, 2.45) is 0 Å². The van der Waals surface area contributed by atoms with E-state index in [0.717, 1.165) is 11.8 Å². The molecule has 3 aromatic heterocycles. The number of alkyl halides is 3. The van der Waals surface area contributed by atoms with E-state index in [4.69, 9.17) is 4.42 Å². The molecule has 0 aliphatic carbocycles. The molecule has 0 saturated carbocycles. The predicted octanol–water partition coefficient (Wildman–Crippen LogP) is 2.73. The number of hydrogen-bond donors (Lipinski definition) is 1. The van der Waals surface area contributed by atoms with E-state index < -0.39 is 17.1 Å². The SMILES string of the molecule is O=C(CSc1nnc(-c2ccncc2)o1)Nc1nnc(C(F)(F)F)s1. The van der Waals surface area contributed by atoms with Crippen molar-refractivity contribution in [2.75, 3.05) is 11.1 Å². The quantitative estimate of drug-likeness (QED) is 0.665. The minimum atomic E-state index is -4.59. The van der Waals surface area contributed by atoms with E-state index >= 15 is 0 Å². The number of thioether (sulfide) groups is 1. The number of pyridine rings is 1. The van der Waals surface area contributed by atoms with Crippen molar-refractivity contribution >= 4 is 34.1 Å². The Morgan fingerprint density at radius 2 is 1.96 bits per heavy atom. The molecule has 0 bridgehead atoms. The summed E-state index contributed by atoms with van der Waals surface area (Å²) in [6, 6.07) is 3.37. The van der Waals surface area contributed by atoms with Gasteiger partial charge in [-0.15, -0.1) is 20.4 Å². The van der Waals surface area contributed by atoms with Gasteiger partial charge in [0.2, 0.25) is 21.9 Å². The summed E-state index contributed by atoms with van der Waals surface area (Å²) in [5.41, 5.74) is 0.673. The van der Waals surface area contributed by atoms with E-state index in [0.29, 0.717) is 5.56 Å². The summed E-state index contributed by atoms with van der Waals surface area (Å²) in [6.45, 7) is 0. The van der Waals surface area contributed by atoms with Gasteiger partial charge in [0.1, 0.15) is 0 Å². The zero-order chi connectivity index (χ0) is 17.9. The Bertz CT molecular complexity index is 867. The summed E-state index contributed by atoms with van der Waals surface area (Å²) >= 11 is 1.19. The van der Waals surface area contributed by atoms with Gasteiger partial charge in [-0.2, -0.15) is 13.2 Å². The van der Waals surface area contributed by atoms with E-state index in [1.54, 1.807) is 24.5 Å². The number of nitrogens with zero attached hydrogens (tertiary/aromatic N) is 5. The molecule has 130 valence electrons. The Hall–Kier alpha value is -2.54. The Morgan fingerprint density at radius 3 is 2.64 bits per heavy atom. The third kappa shape index (κ3) is 4.51. The molecule has 0 radical (unpaired) electrons. The second-order valence-electron chi connectivity index (χ2n) is 4.36. The number of carbonyl (C=O) groups is 1. The van der Waals surface area contributed by atoms with Crippen molar-refractivity contribution in [1.82, 2.24) is 25.4 Å². The van der Waals surface area contributed by atoms with Gasteiger partial charge in [0.15, 0.2) is 0 Å². The molecule has 3 rings (SSSR count). The molecule has 13 heteroatoms. The molecule has 3 heterocycles. The van der Waals surface area contributed by atoms with Crippen LogP contribution in [0.25, 0.3) is 11.5 Å². The van der Waals surface area contributed by atoms with Crippen LogP contribution in [0.5, 0.6) is 0 Å². The first-order chi connectivity index (χ1) is 11.9. The molecule has 0 atom stereocenters. The average molecular weight is 388 g/mol. The fourth-order valence-electron chi connectivity index (χ4n) is 1.55. The lowest BCUT2D eigenvalue weighted by molar-refractivity contribution is -0.138. The lowest BCUT2D eigenvalue weighted by Gasteiger charge is -1.99. The molecular formula is C12H7F3N6O2S2. The first-order valence-corrected chi connectivity index (χ1v) is 8.29. The second-order valence-corrected chi connectivity index (χ2v) is 6.26. The topological polar surface area (TPSA) is 107 Å². The highest BCUT2D eigenvalue weighted by Gasteiger charge is 2.35. The fourth-order valence-corrected chi connectivity index (χ4v) is 2.74. The second kappa shape index (κ2) is 7.14. The highest BCUT2D eigenvalue weighted by molar-refractivity contribution is 7.99. The third-order valence-electron chi connectivity index (χ3n) is 2.57. The fraction of sp³-hybridized carbons (Fsp3) is 0.167. The van der Waals surface area contributed by atoms with E-state index in [1.165, 1.54) is 0 Å². The van der Waals surface area contributed by atoms with Gasteiger partial charge >= 0.3 is 6.18 Å². The summed E-state index contributed by atoms with van der Waals surface area (Å²) < 4.78 is 42.6. The molecule has 0 saturated heterocycles. The maximum absolute atomic E-state index is 12.4. The minimum Gasteiger partial charge on any atom is -0.411 e. The third-order valence-corrected chi connectivity index (χ3v) is 4.28. The van der Waals surface area contributed by atoms with Crippen molar-refractivity contribution < 1.29 is 22.4 Å². The number of nitrogens with one attached hydrogen (secondary N) is 1. The summed E-state index contributed by atoms with van der Waals surface area (Å²) in [6.07, 6.45) is -1.46. The normalized spacial score (nSPS) is 11.5. The number of hydrogen-bond acceptors (Lipinski definition) is 9. The zero-order valence-electron chi connectivity index (χ0n) is 12.0. The van der Waals surface area contributed by atoms with Crippen LogP contribution in [-0.2, 0) is 11.0 Å². The highest BCUT2D eigenvalue weighted by Crippen LogP contribution is 2.33. The maximum Gasteiger partial charge on any atom is 0.445 e. The van der Waals surface area contributed by atoms with Gasteiger partial charge in [0, 0.05) is 18.0 Å². The number of amides is 1. The van der Waals surface area contributed by atoms with Crippen LogP contribution in [-0.4, -0.2) is 37.0 Å². The molecule has 0 spiro atoms. The predicted molar refractivity (Wildman–Crippen MR) is 81.8 cm³/mol. The summed E-state index contributed by atoms with van der Waals surface area (Å²) in [7, 11) is 0. The van der Waals surface area contributed by atoms with Crippen LogP contribution in [0.2, 0.25) is 0 Å². The number of halogens is 3. The molecule has 25 heavy (non-hydrogen) atoms. The Labute approximate surface area is 145 Å². The largest absolute Gasteiger partial charge is 0.445 e. The monoisotopic (exact) mass is 388 g/mol. The first kappa shape index (κ1) is 17.3. The van der Waals surface area contributed by atoms with Crippen molar-refractivity contribution in [3.8, 4) is 11.5 Å². The Kier molecular flexibility index (Phi) is 4.94. The summed E-state index contributed by atoms with van der Waals surface area (Å²) in [5, 5.41) is 14.9. The van der Waals surface area contributed by atoms with Gasteiger partial charge in [-0.05, 0) is 12.1 Å². The van der Waals surface area contributed by atoms with E-state index in [9.17, 15) is 18.0 Å². The van der Waals surface area contributed by atoms with Crippen LogP contribution in [0.3, 0.4) is 0 Å².